The molecule has 0 radical (unpaired) electrons. The number of nitrogens with zero attached hydrogens (tertiary/aromatic N) is 1. The van der Waals surface area contributed by atoms with Crippen LogP contribution in [-0.4, -0.2) is 30.4 Å². The van der Waals surface area contributed by atoms with E-state index in [0.717, 1.165) is 0 Å². The number of primary amides is 1. The van der Waals surface area contributed by atoms with Gasteiger partial charge in [0.1, 0.15) is 5.82 Å². The Morgan fingerprint density at radius 1 is 1.50 bits per heavy atom. The highest BCUT2D eigenvalue weighted by Crippen LogP contribution is 2.09. The van der Waals surface area contributed by atoms with Gasteiger partial charge in [-0.3, -0.25) is 9.59 Å². The van der Waals surface area contributed by atoms with Crippen LogP contribution in [0.1, 0.15) is 16.8 Å². The Morgan fingerprint density at radius 2 is 2.25 bits per heavy atom. The van der Waals surface area contributed by atoms with E-state index >= 15 is 0 Å². The second kappa shape index (κ2) is 5.69. The average molecular weight is 222 g/mol. The van der Waals surface area contributed by atoms with Crippen LogP contribution in [0.5, 0.6) is 0 Å². The van der Waals surface area contributed by atoms with E-state index in [-0.39, 0.29) is 18.9 Å². The van der Waals surface area contributed by atoms with E-state index in [4.69, 9.17) is 5.73 Å². The van der Waals surface area contributed by atoms with Crippen molar-refractivity contribution in [3.05, 3.63) is 23.9 Å². The third kappa shape index (κ3) is 3.23. The van der Waals surface area contributed by atoms with Crippen LogP contribution >= 0.6 is 0 Å². The second-order valence-corrected chi connectivity index (χ2v) is 3.12. The molecular formula is C10H14N4O2. The largest absolute Gasteiger partial charge is 0.372 e. The first-order valence-corrected chi connectivity index (χ1v) is 4.84. The first-order chi connectivity index (χ1) is 7.65. The van der Waals surface area contributed by atoms with Crippen molar-refractivity contribution < 1.29 is 9.59 Å². The SMILES string of the molecule is CNc1ncccc1C(=O)NCCC(N)=O. The van der Waals surface area contributed by atoms with Gasteiger partial charge in [0, 0.05) is 26.2 Å². The zero-order valence-electron chi connectivity index (χ0n) is 8.99. The van der Waals surface area contributed by atoms with Gasteiger partial charge in [0.15, 0.2) is 0 Å². The number of carbonyl (C=O) groups is 2. The third-order valence-electron chi connectivity index (χ3n) is 1.95. The number of amides is 2. The van der Waals surface area contributed by atoms with Gasteiger partial charge in [-0.05, 0) is 12.1 Å². The molecule has 0 unspecified atom stereocenters. The Morgan fingerprint density at radius 3 is 2.88 bits per heavy atom. The molecule has 1 rings (SSSR count). The summed E-state index contributed by atoms with van der Waals surface area (Å²) in [7, 11) is 1.68. The summed E-state index contributed by atoms with van der Waals surface area (Å²) in [5.41, 5.74) is 5.40. The standard InChI is InChI=1S/C10H14N4O2/c1-12-9-7(3-2-5-13-9)10(16)14-6-4-8(11)15/h2-3,5H,4,6H2,1H3,(H2,11,15)(H,12,13)(H,14,16). The first kappa shape index (κ1) is 12.0. The third-order valence-corrected chi connectivity index (χ3v) is 1.95. The minimum absolute atomic E-state index is 0.126. The number of hydrogen-bond acceptors (Lipinski definition) is 4. The topological polar surface area (TPSA) is 97.1 Å². The summed E-state index contributed by atoms with van der Waals surface area (Å²) in [6.07, 6.45) is 1.72. The molecule has 6 heteroatoms. The molecule has 2 amide bonds. The second-order valence-electron chi connectivity index (χ2n) is 3.12. The number of anilines is 1. The molecule has 0 atom stereocenters. The van der Waals surface area contributed by atoms with Gasteiger partial charge in [-0.25, -0.2) is 4.98 Å². The lowest BCUT2D eigenvalue weighted by Gasteiger charge is -2.07. The quantitative estimate of drug-likeness (QED) is 0.638. The minimum atomic E-state index is -0.444. The summed E-state index contributed by atoms with van der Waals surface area (Å²) in [6.45, 7) is 0.228. The van der Waals surface area contributed by atoms with E-state index in [2.05, 4.69) is 15.6 Å². The van der Waals surface area contributed by atoms with Crippen molar-refractivity contribution in [2.45, 2.75) is 6.42 Å². The Hall–Kier alpha value is -2.11. The Kier molecular flexibility index (Phi) is 4.26. The van der Waals surface area contributed by atoms with Crippen LogP contribution in [0.25, 0.3) is 0 Å². The van der Waals surface area contributed by atoms with Gasteiger partial charge in [0.2, 0.25) is 5.91 Å². The molecular weight excluding hydrogens is 208 g/mol. The van der Waals surface area contributed by atoms with Gasteiger partial charge in [-0.2, -0.15) is 0 Å². The van der Waals surface area contributed by atoms with E-state index < -0.39 is 5.91 Å². The number of pyridine rings is 1. The molecule has 0 aliphatic carbocycles. The molecule has 1 aromatic heterocycles. The van der Waals surface area contributed by atoms with Crippen LogP contribution in [0.15, 0.2) is 18.3 Å². The fraction of sp³-hybridized carbons (Fsp3) is 0.300. The van der Waals surface area contributed by atoms with Crippen molar-refractivity contribution in [2.75, 3.05) is 18.9 Å². The normalized spacial score (nSPS) is 9.56. The Balaban J connectivity index is 2.62. The van der Waals surface area contributed by atoms with Gasteiger partial charge < -0.3 is 16.4 Å². The highest BCUT2D eigenvalue weighted by atomic mass is 16.2. The van der Waals surface area contributed by atoms with Gasteiger partial charge >= 0.3 is 0 Å². The number of nitrogens with one attached hydrogen (secondary N) is 2. The molecule has 16 heavy (non-hydrogen) atoms. The van der Waals surface area contributed by atoms with Gasteiger partial charge in [0.05, 0.1) is 5.56 Å². The minimum Gasteiger partial charge on any atom is -0.372 e. The smallest absolute Gasteiger partial charge is 0.255 e. The lowest BCUT2D eigenvalue weighted by molar-refractivity contribution is -0.117. The van der Waals surface area contributed by atoms with Gasteiger partial charge in [-0.15, -0.1) is 0 Å². The van der Waals surface area contributed by atoms with E-state index in [9.17, 15) is 9.59 Å². The summed E-state index contributed by atoms with van der Waals surface area (Å²) >= 11 is 0. The first-order valence-electron chi connectivity index (χ1n) is 4.84. The molecule has 0 bridgehead atoms. The van der Waals surface area contributed by atoms with Crippen molar-refractivity contribution in [3.8, 4) is 0 Å². The van der Waals surface area contributed by atoms with Crippen molar-refractivity contribution >= 4 is 17.6 Å². The van der Waals surface area contributed by atoms with E-state index in [1.54, 1.807) is 25.4 Å². The molecule has 86 valence electrons. The maximum absolute atomic E-state index is 11.7. The number of carbonyl (C=O) groups excluding carboxylic acids is 2. The number of rotatable bonds is 5. The summed E-state index contributed by atoms with van der Waals surface area (Å²) in [5, 5.41) is 5.40. The molecule has 0 aliphatic heterocycles. The summed E-state index contributed by atoms with van der Waals surface area (Å²) in [4.78, 5) is 26.1. The van der Waals surface area contributed by atoms with Crippen LogP contribution in [0.2, 0.25) is 0 Å². The number of nitrogens with two attached hydrogens (primary N) is 1. The fourth-order valence-electron chi connectivity index (χ4n) is 1.18. The molecule has 0 aliphatic rings. The van der Waals surface area contributed by atoms with Gasteiger partial charge in [0.25, 0.3) is 5.91 Å². The van der Waals surface area contributed by atoms with Crippen molar-refractivity contribution in [1.29, 1.82) is 0 Å². The Bertz CT molecular complexity index is 392. The lowest BCUT2D eigenvalue weighted by atomic mass is 10.2. The highest BCUT2D eigenvalue weighted by molar-refractivity contribution is 5.98. The Labute approximate surface area is 93.2 Å². The predicted octanol–water partition coefficient (Wildman–Crippen LogP) is -0.272. The number of hydrogen-bond donors (Lipinski definition) is 3. The zero-order valence-corrected chi connectivity index (χ0v) is 8.99. The molecule has 6 nitrogen and oxygen atoms in total. The molecule has 0 saturated carbocycles. The van der Waals surface area contributed by atoms with Crippen LogP contribution < -0.4 is 16.4 Å². The van der Waals surface area contributed by atoms with Crippen molar-refractivity contribution in [1.82, 2.24) is 10.3 Å². The molecule has 0 spiro atoms. The van der Waals surface area contributed by atoms with Crippen LogP contribution in [-0.2, 0) is 4.79 Å². The van der Waals surface area contributed by atoms with E-state index in [0.29, 0.717) is 11.4 Å². The molecule has 1 aromatic rings. The van der Waals surface area contributed by atoms with Gasteiger partial charge in [-0.1, -0.05) is 0 Å². The number of aromatic nitrogens is 1. The monoisotopic (exact) mass is 222 g/mol. The van der Waals surface area contributed by atoms with E-state index in [1.807, 2.05) is 0 Å². The van der Waals surface area contributed by atoms with Crippen LogP contribution in [0, 0.1) is 0 Å². The molecule has 0 fully saturated rings. The van der Waals surface area contributed by atoms with Crippen molar-refractivity contribution in [2.24, 2.45) is 5.73 Å². The summed E-state index contributed by atoms with van der Waals surface area (Å²) in [5.74, 6) is -0.224. The summed E-state index contributed by atoms with van der Waals surface area (Å²) in [6, 6.07) is 3.32. The average Bonchev–Trinajstić information content (AvgIpc) is 2.28. The fourth-order valence-corrected chi connectivity index (χ4v) is 1.18. The van der Waals surface area contributed by atoms with Crippen molar-refractivity contribution in [3.63, 3.8) is 0 Å². The lowest BCUT2D eigenvalue weighted by Crippen LogP contribution is -2.28. The van der Waals surface area contributed by atoms with E-state index in [1.165, 1.54) is 0 Å². The maximum Gasteiger partial charge on any atom is 0.255 e. The highest BCUT2D eigenvalue weighted by Gasteiger charge is 2.10. The maximum atomic E-state index is 11.7. The predicted molar refractivity (Wildman–Crippen MR) is 59.9 cm³/mol. The van der Waals surface area contributed by atoms with Crippen LogP contribution in [0.3, 0.4) is 0 Å². The zero-order chi connectivity index (χ0) is 12.0. The molecule has 0 aromatic carbocycles. The molecule has 4 N–H and O–H groups in total. The molecule has 0 saturated heterocycles. The van der Waals surface area contributed by atoms with Crippen LogP contribution in [0.4, 0.5) is 5.82 Å². The summed E-state index contributed by atoms with van der Waals surface area (Å²) < 4.78 is 0. The molecule has 1 heterocycles.